The Morgan fingerprint density at radius 1 is 1.00 bits per heavy atom. The fourth-order valence-corrected chi connectivity index (χ4v) is 5.09. The van der Waals surface area contributed by atoms with Crippen LogP contribution in [0.4, 0.5) is 22.0 Å². The summed E-state index contributed by atoms with van der Waals surface area (Å²) in [5.41, 5.74) is 1.80. The molecule has 9 nitrogen and oxygen atoms in total. The summed E-state index contributed by atoms with van der Waals surface area (Å²) in [4.78, 5) is 24.8. The summed E-state index contributed by atoms with van der Waals surface area (Å²) in [5, 5.41) is 5.82. The molecule has 0 bridgehead atoms. The minimum atomic E-state index is -3.30. The van der Waals surface area contributed by atoms with Crippen LogP contribution in [0.2, 0.25) is 5.15 Å². The van der Waals surface area contributed by atoms with E-state index in [2.05, 4.69) is 20.5 Å². The first-order chi connectivity index (χ1) is 16.7. The van der Waals surface area contributed by atoms with Gasteiger partial charge in [-0.05, 0) is 54.8 Å². The fourth-order valence-electron chi connectivity index (χ4n) is 3.49. The summed E-state index contributed by atoms with van der Waals surface area (Å²) in [6, 6.07) is 12.6. The first-order valence-corrected chi connectivity index (χ1v) is 14.2. The number of hydrogen-bond donors (Lipinski definition) is 2. The van der Waals surface area contributed by atoms with Crippen molar-refractivity contribution in [2.24, 2.45) is 0 Å². The van der Waals surface area contributed by atoms with E-state index in [1.54, 1.807) is 12.1 Å². The molecule has 2 amide bonds. The number of benzene rings is 2. The summed E-state index contributed by atoms with van der Waals surface area (Å²) in [6.07, 6.45) is 3.07. The third-order valence-corrected chi connectivity index (χ3v) is 7.56. The maximum Gasteiger partial charge on any atom is 0.323 e. The summed E-state index contributed by atoms with van der Waals surface area (Å²) in [7, 11) is -3.30. The lowest BCUT2D eigenvalue weighted by molar-refractivity contribution is 0.122. The van der Waals surface area contributed by atoms with Crippen molar-refractivity contribution in [3.8, 4) is 11.4 Å². The summed E-state index contributed by atoms with van der Waals surface area (Å²) < 4.78 is 28.6. The van der Waals surface area contributed by atoms with Crippen LogP contribution in [0.3, 0.4) is 0 Å². The SMILES string of the molecule is CSc1c(Cl)nc(-c2ccc(NC(=O)Nc3ccc(S(C)(=O)=O)cc3)cc2)nc1N1CCOCC1. The topological polar surface area (TPSA) is 114 Å². The number of aromatic nitrogens is 2. The lowest BCUT2D eigenvalue weighted by Crippen LogP contribution is -2.37. The zero-order valence-corrected chi connectivity index (χ0v) is 21.5. The van der Waals surface area contributed by atoms with Crippen LogP contribution in [0.15, 0.2) is 58.3 Å². The third-order valence-electron chi connectivity index (χ3n) is 5.26. The van der Waals surface area contributed by atoms with Crippen molar-refractivity contribution in [2.45, 2.75) is 9.79 Å². The zero-order valence-electron chi connectivity index (χ0n) is 19.1. The van der Waals surface area contributed by atoms with Crippen LogP contribution in [-0.2, 0) is 14.6 Å². The predicted octanol–water partition coefficient (Wildman–Crippen LogP) is 4.40. The van der Waals surface area contributed by atoms with Crippen molar-refractivity contribution in [1.29, 1.82) is 0 Å². The quantitative estimate of drug-likeness (QED) is 0.354. The highest BCUT2D eigenvalue weighted by Crippen LogP contribution is 2.35. The van der Waals surface area contributed by atoms with Gasteiger partial charge >= 0.3 is 6.03 Å². The van der Waals surface area contributed by atoms with E-state index >= 15 is 0 Å². The van der Waals surface area contributed by atoms with E-state index in [-0.39, 0.29) is 4.90 Å². The number of halogens is 1. The Labute approximate surface area is 213 Å². The Morgan fingerprint density at radius 2 is 1.57 bits per heavy atom. The molecule has 1 aliphatic heterocycles. The highest BCUT2D eigenvalue weighted by Gasteiger charge is 2.21. The number of carbonyl (C=O) groups excluding carboxylic acids is 1. The molecule has 12 heteroatoms. The monoisotopic (exact) mass is 533 g/mol. The highest BCUT2D eigenvalue weighted by atomic mass is 35.5. The Kier molecular flexibility index (Phi) is 7.80. The van der Waals surface area contributed by atoms with Gasteiger partial charge in [0.2, 0.25) is 0 Å². The minimum Gasteiger partial charge on any atom is -0.378 e. The molecule has 0 radical (unpaired) electrons. The minimum absolute atomic E-state index is 0.184. The average Bonchev–Trinajstić information content (AvgIpc) is 2.84. The number of urea groups is 1. The second-order valence-electron chi connectivity index (χ2n) is 7.75. The Bertz CT molecular complexity index is 1310. The van der Waals surface area contributed by atoms with Gasteiger partial charge in [-0.3, -0.25) is 0 Å². The number of amides is 2. The van der Waals surface area contributed by atoms with E-state index in [1.165, 1.54) is 36.0 Å². The Balaban J connectivity index is 1.47. The Morgan fingerprint density at radius 3 is 2.11 bits per heavy atom. The number of morpholine rings is 1. The van der Waals surface area contributed by atoms with Gasteiger partial charge in [0.15, 0.2) is 15.7 Å². The molecule has 35 heavy (non-hydrogen) atoms. The highest BCUT2D eigenvalue weighted by molar-refractivity contribution is 7.98. The molecule has 0 unspecified atom stereocenters. The number of sulfone groups is 1. The molecule has 1 aromatic heterocycles. The average molecular weight is 534 g/mol. The van der Waals surface area contributed by atoms with Gasteiger partial charge in [-0.25, -0.2) is 23.2 Å². The van der Waals surface area contributed by atoms with E-state index in [0.717, 1.165) is 35.6 Å². The van der Waals surface area contributed by atoms with E-state index in [4.69, 9.17) is 21.3 Å². The van der Waals surface area contributed by atoms with Crippen molar-refractivity contribution in [3.05, 3.63) is 53.7 Å². The lowest BCUT2D eigenvalue weighted by Gasteiger charge is -2.29. The molecular weight excluding hydrogens is 510 g/mol. The summed E-state index contributed by atoms with van der Waals surface area (Å²) in [6.45, 7) is 2.73. The number of hydrogen-bond acceptors (Lipinski definition) is 8. The van der Waals surface area contributed by atoms with Crippen LogP contribution < -0.4 is 15.5 Å². The largest absolute Gasteiger partial charge is 0.378 e. The van der Waals surface area contributed by atoms with Crippen LogP contribution in [-0.4, -0.2) is 63.2 Å². The van der Waals surface area contributed by atoms with Gasteiger partial charge < -0.3 is 20.3 Å². The molecule has 0 saturated carbocycles. The van der Waals surface area contributed by atoms with Gasteiger partial charge in [0, 0.05) is 36.3 Å². The molecule has 0 spiro atoms. The van der Waals surface area contributed by atoms with Gasteiger partial charge in [0.1, 0.15) is 11.0 Å². The Hall–Kier alpha value is -2.86. The van der Waals surface area contributed by atoms with Gasteiger partial charge in [-0.15, -0.1) is 11.8 Å². The van der Waals surface area contributed by atoms with Gasteiger partial charge in [-0.1, -0.05) is 11.6 Å². The maximum atomic E-state index is 12.4. The molecular formula is C23H24ClN5O4S2. The number of ether oxygens (including phenoxy) is 1. The van der Waals surface area contributed by atoms with Crippen molar-refractivity contribution in [2.75, 3.05) is 54.3 Å². The fraction of sp³-hybridized carbons (Fsp3) is 0.261. The number of rotatable bonds is 6. The third kappa shape index (κ3) is 6.23. The summed E-state index contributed by atoms with van der Waals surface area (Å²) >= 11 is 7.99. The van der Waals surface area contributed by atoms with Crippen molar-refractivity contribution < 1.29 is 17.9 Å². The molecule has 0 aliphatic carbocycles. The van der Waals surface area contributed by atoms with Gasteiger partial charge in [0.05, 0.1) is 23.0 Å². The zero-order chi connectivity index (χ0) is 25.0. The van der Waals surface area contributed by atoms with Crippen LogP contribution in [0, 0.1) is 0 Å². The van der Waals surface area contributed by atoms with E-state index < -0.39 is 15.9 Å². The molecule has 4 rings (SSSR count). The maximum absolute atomic E-state index is 12.4. The standard InChI is InChI=1S/C23H24ClN5O4S2/c1-34-19-20(24)27-21(28-22(19)29-11-13-33-14-12-29)15-3-5-16(6-4-15)25-23(30)26-17-7-9-18(10-8-17)35(2,31)32/h3-10H,11-14H2,1-2H3,(H2,25,26,30). The molecule has 1 fully saturated rings. The van der Waals surface area contributed by atoms with Gasteiger partial charge in [0.25, 0.3) is 0 Å². The first kappa shape index (κ1) is 25.2. The normalized spacial score (nSPS) is 14.0. The molecule has 1 saturated heterocycles. The predicted molar refractivity (Wildman–Crippen MR) is 139 cm³/mol. The summed E-state index contributed by atoms with van der Waals surface area (Å²) in [5.74, 6) is 1.29. The second kappa shape index (κ2) is 10.8. The van der Waals surface area contributed by atoms with Crippen molar-refractivity contribution in [3.63, 3.8) is 0 Å². The van der Waals surface area contributed by atoms with Crippen LogP contribution in [0.1, 0.15) is 0 Å². The molecule has 184 valence electrons. The van der Waals surface area contributed by atoms with Crippen LogP contribution >= 0.6 is 23.4 Å². The smallest absolute Gasteiger partial charge is 0.323 e. The molecule has 2 heterocycles. The number of nitrogens with one attached hydrogen (secondary N) is 2. The van der Waals surface area contributed by atoms with E-state index in [1.807, 2.05) is 18.4 Å². The number of thioether (sulfide) groups is 1. The van der Waals surface area contributed by atoms with Crippen molar-refractivity contribution >= 4 is 56.4 Å². The lowest BCUT2D eigenvalue weighted by atomic mass is 10.2. The van der Waals surface area contributed by atoms with Crippen LogP contribution in [0.5, 0.6) is 0 Å². The van der Waals surface area contributed by atoms with Crippen molar-refractivity contribution in [1.82, 2.24) is 9.97 Å². The second-order valence-corrected chi connectivity index (χ2v) is 10.9. The molecule has 2 aromatic carbocycles. The number of nitrogens with zero attached hydrogens (tertiary/aromatic N) is 3. The van der Waals surface area contributed by atoms with E-state index in [0.29, 0.717) is 35.6 Å². The molecule has 3 aromatic rings. The number of anilines is 3. The first-order valence-electron chi connectivity index (χ1n) is 10.7. The number of carbonyl (C=O) groups is 1. The van der Waals surface area contributed by atoms with Crippen LogP contribution in [0.25, 0.3) is 11.4 Å². The molecule has 0 atom stereocenters. The van der Waals surface area contributed by atoms with E-state index in [9.17, 15) is 13.2 Å². The van der Waals surface area contributed by atoms with Gasteiger partial charge in [-0.2, -0.15) is 0 Å². The molecule has 1 aliphatic rings. The molecule has 2 N–H and O–H groups in total.